The monoisotopic (exact) mass is 406 g/mol. The lowest BCUT2D eigenvalue weighted by Crippen LogP contribution is -2.44. The summed E-state index contributed by atoms with van der Waals surface area (Å²) >= 11 is 0. The standard InChI is InChI=1S/C24H26N2O4/c1-4-15-10-18(25-3)13-20-19(11-15)23(28)22(14(2)26-20)21(27)12-16-6-5-7-17(9-8-16)24(29)30/h5-6,8-11,25-27H,2,4,7,12-13H2,1,3H3,(H,29,30). The van der Waals surface area contributed by atoms with Gasteiger partial charge in [-0.15, -0.1) is 0 Å². The van der Waals surface area contributed by atoms with E-state index < -0.39 is 5.97 Å². The molecule has 0 radical (unpaired) electrons. The van der Waals surface area contributed by atoms with Crippen molar-refractivity contribution in [3.8, 4) is 0 Å². The van der Waals surface area contributed by atoms with Crippen molar-refractivity contribution in [2.45, 2.75) is 32.6 Å². The number of rotatable bonds is 5. The van der Waals surface area contributed by atoms with Gasteiger partial charge in [-0.1, -0.05) is 37.8 Å². The van der Waals surface area contributed by atoms with Crippen LogP contribution in [0, 0.1) is 0 Å². The molecule has 1 aromatic rings. The minimum absolute atomic E-state index is 0.0929. The molecule has 6 nitrogen and oxygen atoms in total. The maximum Gasteiger partial charge on any atom is 0.331 e. The molecule has 0 spiro atoms. The smallest absolute Gasteiger partial charge is 0.331 e. The fourth-order valence-electron chi connectivity index (χ4n) is 3.60. The minimum atomic E-state index is -0.972. The summed E-state index contributed by atoms with van der Waals surface area (Å²) in [6.07, 6.45) is 12.3. The van der Waals surface area contributed by atoms with Crippen LogP contribution in [0.5, 0.6) is 0 Å². The molecule has 2 aliphatic rings. The van der Waals surface area contributed by atoms with E-state index in [1.54, 1.807) is 18.2 Å². The quantitative estimate of drug-likeness (QED) is 0.600. The lowest BCUT2D eigenvalue weighted by atomic mass is 10.0. The molecule has 30 heavy (non-hydrogen) atoms. The molecule has 0 saturated heterocycles. The molecule has 3 rings (SSSR count). The summed E-state index contributed by atoms with van der Waals surface area (Å²) in [6, 6.07) is 0. The maximum atomic E-state index is 13.3. The van der Waals surface area contributed by atoms with Crippen molar-refractivity contribution < 1.29 is 15.0 Å². The first kappa shape index (κ1) is 21.2. The SMILES string of the molecule is C=c1[nH]c2c(c(=O)c1=C(O)CC1=CC=C(C(=O)O)CC=C1)C=C(CC)C=C(NC)C2. The number of aliphatic hydroxyl groups excluding tert-OH is 1. The highest BCUT2D eigenvalue weighted by atomic mass is 16.4. The molecule has 0 unspecified atom stereocenters. The first-order chi connectivity index (χ1) is 14.3. The Morgan fingerprint density at radius 1 is 1.23 bits per heavy atom. The van der Waals surface area contributed by atoms with Gasteiger partial charge in [-0.2, -0.15) is 0 Å². The summed E-state index contributed by atoms with van der Waals surface area (Å²) in [7, 11) is 1.85. The van der Waals surface area contributed by atoms with E-state index in [2.05, 4.69) is 16.9 Å². The van der Waals surface area contributed by atoms with Gasteiger partial charge in [0.2, 0.25) is 0 Å². The molecule has 0 aromatic carbocycles. The van der Waals surface area contributed by atoms with E-state index in [0.717, 1.165) is 23.4 Å². The fraction of sp³-hybridized carbons (Fsp3) is 0.250. The lowest BCUT2D eigenvalue weighted by Gasteiger charge is -2.09. The molecular formula is C24H26N2O4. The summed E-state index contributed by atoms with van der Waals surface area (Å²) < 4.78 is 0. The van der Waals surface area contributed by atoms with Gasteiger partial charge >= 0.3 is 5.97 Å². The van der Waals surface area contributed by atoms with Crippen LogP contribution in [-0.4, -0.2) is 28.2 Å². The van der Waals surface area contributed by atoms with Crippen LogP contribution >= 0.6 is 0 Å². The first-order valence-corrected chi connectivity index (χ1v) is 9.88. The molecular weight excluding hydrogens is 380 g/mol. The number of aromatic nitrogens is 1. The van der Waals surface area contributed by atoms with Crippen LogP contribution in [0.2, 0.25) is 0 Å². The van der Waals surface area contributed by atoms with E-state index >= 15 is 0 Å². The van der Waals surface area contributed by atoms with Crippen molar-refractivity contribution >= 4 is 24.4 Å². The molecule has 6 heteroatoms. The zero-order valence-electron chi connectivity index (χ0n) is 17.2. The maximum absolute atomic E-state index is 13.3. The van der Waals surface area contributed by atoms with Crippen LogP contribution in [0.4, 0.5) is 0 Å². The molecule has 0 amide bonds. The van der Waals surface area contributed by atoms with E-state index in [1.807, 2.05) is 26.1 Å². The fourth-order valence-corrected chi connectivity index (χ4v) is 3.60. The molecule has 0 fully saturated rings. The Labute approximate surface area is 174 Å². The van der Waals surface area contributed by atoms with Crippen molar-refractivity contribution in [3.63, 3.8) is 0 Å². The largest absolute Gasteiger partial charge is 0.511 e. The lowest BCUT2D eigenvalue weighted by molar-refractivity contribution is -0.132. The second-order valence-electron chi connectivity index (χ2n) is 7.34. The van der Waals surface area contributed by atoms with Gasteiger partial charge in [0.05, 0.1) is 5.22 Å². The van der Waals surface area contributed by atoms with Crippen LogP contribution in [0.15, 0.2) is 57.6 Å². The van der Waals surface area contributed by atoms with Gasteiger partial charge in [0.15, 0.2) is 5.43 Å². The zero-order chi connectivity index (χ0) is 21.8. The Morgan fingerprint density at radius 2 is 2.00 bits per heavy atom. The summed E-state index contributed by atoms with van der Waals surface area (Å²) in [5, 5.41) is 23.6. The third kappa shape index (κ3) is 4.38. The van der Waals surface area contributed by atoms with Gasteiger partial charge in [-0.3, -0.25) is 4.79 Å². The number of carboxylic acids is 1. The number of aliphatic carboxylic acids is 1. The van der Waals surface area contributed by atoms with Gasteiger partial charge in [-0.25, -0.2) is 4.79 Å². The Morgan fingerprint density at radius 3 is 2.67 bits per heavy atom. The Hall–Kier alpha value is -3.54. The number of aliphatic hydroxyl groups is 1. The number of carboxylic acid groups (broad SMARTS) is 1. The molecule has 1 aromatic heterocycles. The number of nitrogens with one attached hydrogen (secondary N) is 2. The number of likely N-dealkylation sites (N-methyl/N-ethyl adjacent to an activating group) is 1. The highest BCUT2D eigenvalue weighted by molar-refractivity contribution is 5.87. The molecule has 0 atom stereocenters. The molecule has 0 aliphatic heterocycles. The van der Waals surface area contributed by atoms with Crippen LogP contribution in [0.25, 0.3) is 18.4 Å². The van der Waals surface area contributed by atoms with Crippen molar-refractivity contribution in [3.05, 3.63) is 84.8 Å². The number of aromatic amines is 1. The number of pyridine rings is 1. The van der Waals surface area contributed by atoms with E-state index in [1.165, 1.54) is 6.08 Å². The van der Waals surface area contributed by atoms with E-state index in [-0.39, 0.29) is 28.4 Å². The molecule has 0 bridgehead atoms. The van der Waals surface area contributed by atoms with Crippen LogP contribution < -0.4 is 21.3 Å². The van der Waals surface area contributed by atoms with Crippen LogP contribution in [-0.2, 0) is 11.2 Å². The number of hydrogen-bond donors (Lipinski definition) is 4. The van der Waals surface area contributed by atoms with Crippen LogP contribution in [0.3, 0.4) is 0 Å². The summed E-state index contributed by atoms with van der Waals surface area (Å²) in [5.74, 6) is -1.06. The second kappa shape index (κ2) is 8.86. The average molecular weight is 406 g/mol. The second-order valence-corrected chi connectivity index (χ2v) is 7.34. The van der Waals surface area contributed by atoms with Crippen molar-refractivity contribution in [2.75, 3.05) is 7.05 Å². The molecule has 1 heterocycles. The summed E-state index contributed by atoms with van der Waals surface area (Å²) in [6.45, 7) is 5.98. The average Bonchev–Trinajstić information content (AvgIpc) is 3.04. The number of hydrogen-bond acceptors (Lipinski definition) is 4. The van der Waals surface area contributed by atoms with Gasteiger partial charge < -0.3 is 20.5 Å². The van der Waals surface area contributed by atoms with Crippen molar-refractivity contribution in [1.29, 1.82) is 0 Å². The highest BCUT2D eigenvalue weighted by Crippen LogP contribution is 2.19. The Balaban J connectivity index is 2.11. The zero-order valence-corrected chi connectivity index (χ0v) is 17.2. The third-order valence-electron chi connectivity index (χ3n) is 5.29. The Kier molecular flexibility index (Phi) is 6.26. The summed E-state index contributed by atoms with van der Waals surface area (Å²) in [5.41, 5.74) is 4.02. The topological polar surface area (TPSA) is 102 Å². The van der Waals surface area contributed by atoms with Crippen molar-refractivity contribution in [2.24, 2.45) is 0 Å². The van der Waals surface area contributed by atoms with Gasteiger partial charge in [0.25, 0.3) is 0 Å². The van der Waals surface area contributed by atoms with E-state index in [4.69, 9.17) is 5.11 Å². The normalized spacial score (nSPS) is 16.9. The summed E-state index contributed by atoms with van der Waals surface area (Å²) in [4.78, 5) is 27.6. The molecule has 4 N–H and O–H groups in total. The molecule has 2 aliphatic carbocycles. The molecule has 156 valence electrons. The van der Waals surface area contributed by atoms with Crippen LogP contribution in [0.1, 0.15) is 37.4 Å². The van der Waals surface area contributed by atoms with Crippen molar-refractivity contribution in [1.82, 2.24) is 10.3 Å². The predicted octanol–water partition coefficient (Wildman–Crippen LogP) is 2.19. The third-order valence-corrected chi connectivity index (χ3v) is 5.29. The molecule has 0 saturated carbocycles. The minimum Gasteiger partial charge on any atom is -0.511 e. The predicted molar refractivity (Wildman–Crippen MR) is 119 cm³/mol. The van der Waals surface area contributed by atoms with E-state index in [9.17, 15) is 14.7 Å². The number of H-pyrrole nitrogens is 1. The first-order valence-electron chi connectivity index (χ1n) is 9.88. The number of carbonyl (C=O) groups is 1. The van der Waals surface area contributed by atoms with E-state index in [0.29, 0.717) is 29.3 Å². The number of fused-ring (bicyclic) bond motifs is 1. The number of allylic oxidation sites excluding steroid dienone is 7. The van der Waals surface area contributed by atoms with Gasteiger partial charge in [0, 0.05) is 47.8 Å². The highest BCUT2D eigenvalue weighted by Gasteiger charge is 2.16. The van der Waals surface area contributed by atoms with Gasteiger partial charge in [-0.05, 0) is 36.1 Å². The Bertz CT molecular complexity index is 1210. The van der Waals surface area contributed by atoms with Gasteiger partial charge in [0.1, 0.15) is 5.76 Å².